The summed E-state index contributed by atoms with van der Waals surface area (Å²) < 4.78 is 9.43. The molecule has 0 N–H and O–H groups in total. The Bertz CT molecular complexity index is 51.2. The summed E-state index contributed by atoms with van der Waals surface area (Å²) in [5, 5.41) is 0. The molecule has 0 aliphatic heterocycles. The van der Waals surface area contributed by atoms with Gasteiger partial charge in [0.25, 0.3) is 0 Å². The highest BCUT2D eigenvalue weighted by molar-refractivity contribution is 4.45. The summed E-state index contributed by atoms with van der Waals surface area (Å²) in [6.45, 7) is 11.6. The van der Waals surface area contributed by atoms with Crippen LogP contribution in [0, 0.1) is 0 Å². The smallest absolute Gasteiger partial charge is 0.0844 e. The zero-order valence-electron chi connectivity index (χ0n) is 7.22. The number of hydrogen-bond acceptors (Lipinski definition) is 2. The third kappa shape index (κ3) is 25.9. The fourth-order valence-electron chi connectivity index (χ4n) is 0.322. The van der Waals surface area contributed by atoms with Crippen molar-refractivity contribution in [1.82, 2.24) is 0 Å². The standard InChI is InChI=1S/C4H10O.C4H8O/c2*1-3-5-4-2/h3-4H2,1-2H3;3H,1,4H2,2H3. The van der Waals surface area contributed by atoms with Gasteiger partial charge in [-0.1, -0.05) is 6.58 Å². The number of ether oxygens (including phenoxy) is 2. The van der Waals surface area contributed by atoms with Crippen molar-refractivity contribution in [2.75, 3.05) is 19.8 Å². The molecule has 0 rings (SSSR count). The van der Waals surface area contributed by atoms with Gasteiger partial charge in [0.05, 0.1) is 12.9 Å². The fourth-order valence-corrected chi connectivity index (χ4v) is 0.322. The summed E-state index contributed by atoms with van der Waals surface area (Å²) in [4.78, 5) is 0. The third-order valence-corrected chi connectivity index (χ3v) is 0.693. The highest BCUT2D eigenvalue weighted by Crippen LogP contribution is 1.65. The molecular formula is C8H18O2. The largest absolute Gasteiger partial charge is 0.502 e. The van der Waals surface area contributed by atoms with E-state index in [0.717, 1.165) is 19.8 Å². The van der Waals surface area contributed by atoms with Crippen LogP contribution in [0.2, 0.25) is 0 Å². The van der Waals surface area contributed by atoms with Gasteiger partial charge in [-0.25, -0.2) is 0 Å². The highest BCUT2D eigenvalue weighted by Gasteiger charge is 1.64. The van der Waals surface area contributed by atoms with Gasteiger partial charge >= 0.3 is 0 Å². The zero-order valence-corrected chi connectivity index (χ0v) is 7.22. The first-order valence-electron chi connectivity index (χ1n) is 3.63. The average molecular weight is 146 g/mol. The predicted octanol–water partition coefficient (Wildman–Crippen LogP) is 2.21. The van der Waals surface area contributed by atoms with Crippen molar-refractivity contribution >= 4 is 0 Å². The zero-order chi connectivity index (χ0) is 8.24. The molecule has 2 heteroatoms. The Labute approximate surface area is 63.8 Å². The number of hydrogen-bond donors (Lipinski definition) is 0. The van der Waals surface area contributed by atoms with Crippen LogP contribution in [0.4, 0.5) is 0 Å². The van der Waals surface area contributed by atoms with E-state index in [1.54, 1.807) is 0 Å². The molecule has 0 bridgehead atoms. The monoisotopic (exact) mass is 146 g/mol. The van der Waals surface area contributed by atoms with Crippen LogP contribution in [0.25, 0.3) is 0 Å². The molecule has 0 aromatic rings. The van der Waals surface area contributed by atoms with Crippen molar-refractivity contribution in [3.05, 3.63) is 12.8 Å². The van der Waals surface area contributed by atoms with Crippen molar-refractivity contribution in [1.29, 1.82) is 0 Å². The van der Waals surface area contributed by atoms with Gasteiger partial charge in [-0.2, -0.15) is 0 Å². The molecule has 2 nitrogen and oxygen atoms in total. The quantitative estimate of drug-likeness (QED) is 0.566. The molecule has 0 amide bonds. The van der Waals surface area contributed by atoms with Gasteiger partial charge in [0, 0.05) is 13.2 Å². The topological polar surface area (TPSA) is 18.5 Å². The first kappa shape index (κ1) is 12.2. The Morgan fingerprint density at radius 2 is 1.60 bits per heavy atom. The van der Waals surface area contributed by atoms with E-state index in [-0.39, 0.29) is 0 Å². The molecule has 0 radical (unpaired) electrons. The molecular weight excluding hydrogens is 128 g/mol. The van der Waals surface area contributed by atoms with Crippen LogP contribution in [0.3, 0.4) is 0 Å². The maximum Gasteiger partial charge on any atom is 0.0844 e. The number of rotatable bonds is 4. The molecule has 0 unspecified atom stereocenters. The van der Waals surface area contributed by atoms with E-state index in [1.165, 1.54) is 6.26 Å². The second-order valence-corrected chi connectivity index (χ2v) is 1.40. The van der Waals surface area contributed by atoms with Crippen LogP contribution in [0.1, 0.15) is 20.8 Å². The minimum absolute atomic E-state index is 0.726. The van der Waals surface area contributed by atoms with E-state index in [4.69, 9.17) is 4.74 Å². The summed E-state index contributed by atoms with van der Waals surface area (Å²) in [5.41, 5.74) is 0. The highest BCUT2D eigenvalue weighted by atomic mass is 16.5. The maximum atomic E-state index is 4.83. The molecule has 0 aliphatic rings. The molecule has 0 aliphatic carbocycles. The van der Waals surface area contributed by atoms with Gasteiger partial charge in [0.1, 0.15) is 0 Å². The Morgan fingerprint density at radius 1 is 1.10 bits per heavy atom. The summed E-state index contributed by atoms with van der Waals surface area (Å²) in [6, 6.07) is 0. The van der Waals surface area contributed by atoms with Gasteiger partial charge in [-0.3, -0.25) is 0 Å². The van der Waals surface area contributed by atoms with Gasteiger partial charge in [-0.15, -0.1) is 0 Å². The lowest BCUT2D eigenvalue weighted by atomic mass is 10.8. The molecule has 10 heavy (non-hydrogen) atoms. The third-order valence-electron chi connectivity index (χ3n) is 0.693. The van der Waals surface area contributed by atoms with Gasteiger partial charge in [0.2, 0.25) is 0 Å². The Balaban J connectivity index is 0. The van der Waals surface area contributed by atoms with E-state index in [9.17, 15) is 0 Å². The van der Waals surface area contributed by atoms with Crippen LogP contribution >= 0.6 is 0 Å². The molecule has 0 aromatic carbocycles. The van der Waals surface area contributed by atoms with Crippen molar-refractivity contribution in [3.8, 4) is 0 Å². The van der Waals surface area contributed by atoms with Gasteiger partial charge in [-0.05, 0) is 20.8 Å². The normalized spacial score (nSPS) is 7.50. The molecule has 0 heterocycles. The predicted molar refractivity (Wildman–Crippen MR) is 44.0 cm³/mol. The molecule has 62 valence electrons. The van der Waals surface area contributed by atoms with Crippen molar-refractivity contribution in [3.63, 3.8) is 0 Å². The van der Waals surface area contributed by atoms with E-state index < -0.39 is 0 Å². The minimum atomic E-state index is 0.726. The van der Waals surface area contributed by atoms with Crippen LogP contribution in [-0.4, -0.2) is 19.8 Å². The van der Waals surface area contributed by atoms with Crippen LogP contribution in [-0.2, 0) is 9.47 Å². The van der Waals surface area contributed by atoms with E-state index in [1.807, 2.05) is 20.8 Å². The molecule has 0 saturated heterocycles. The molecule has 0 atom stereocenters. The molecule has 0 aromatic heterocycles. The van der Waals surface area contributed by atoms with Crippen molar-refractivity contribution in [2.45, 2.75) is 20.8 Å². The van der Waals surface area contributed by atoms with Crippen LogP contribution in [0.15, 0.2) is 12.8 Å². The van der Waals surface area contributed by atoms with Crippen molar-refractivity contribution < 1.29 is 9.47 Å². The fraction of sp³-hybridized carbons (Fsp3) is 0.750. The first-order valence-corrected chi connectivity index (χ1v) is 3.63. The Hall–Kier alpha value is -0.500. The second-order valence-electron chi connectivity index (χ2n) is 1.40. The lowest BCUT2D eigenvalue weighted by Crippen LogP contribution is -1.84. The van der Waals surface area contributed by atoms with Crippen LogP contribution < -0.4 is 0 Å². The van der Waals surface area contributed by atoms with E-state index in [0.29, 0.717) is 0 Å². The lowest BCUT2D eigenvalue weighted by molar-refractivity contribution is 0.162. The molecule has 0 spiro atoms. The lowest BCUT2D eigenvalue weighted by Gasteiger charge is -1.86. The van der Waals surface area contributed by atoms with Gasteiger partial charge < -0.3 is 9.47 Å². The second kappa shape index (κ2) is 15.8. The summed E-state index contributed by atoms with van der Waals surface area (Å²) in [7, 11) is 0. The van der Waals surface area contributed by atoms with Crippen molar-refractivity contribution in [2.24, 2.45) is 0 Å². The summed E-state index contributed by atoms with van der Waals surface area (Å²) >= 11 is 0. The Morgan fingerprint density at radius 3 is 1.60 bits per heavy atom. The Kier molecular flexibility index (Phi) is 19.3. The van der Waals surface area contributed by atoms with E-state index in [2.05, 4.69) is 11.3 Å². The summed E-state index contributed by atoms with van der Waals surface area (Å²) in [6.07, 6.45) is 1.43. The first-order chi connectivity index (χ1) is 4.83. The van der Waals surface area contributed by atoms with Crippen LogP contribution in [0.5, 0.6) is 0 Å². The minimum Gasteiger partial charge on any atom is -0.502 e. The SMILES string of the molecule is C=COCC.CCOCC. The molecule has 0 fully saturated rings. The summed E-state index contributed by atoms with van der Waals surface area (Å²) in [5.74, 6) is 0. The molecule has 0 saturated carbocycles. The maximum absolute atomic E-state index is 4.83. The van der Waals surface area contributed by atoms with Gasteiger partial charge in [0.15, 0.2) is 0 Å². The van der Waals surface area contributed by atoms with E-state index >= 15 is 0 Å². The average Bonchev–Trinajstić information content (AvgIpc) is 1.93.